The molecular weight excluding hydrogens is 517 g/mol. The zero-order chi connectivity index (χ0) is 29.1. The van der Waals surface area contributed by atoms with Gasteiger partial charge in [-0.15, -0.1) is 0 Å². The first-order valence-corrected chi connectivity index (χ1v) is 14.0. The average molecular weight is 554 g/mol. The molecule has 0 unspecified atom stereocenters. The van der Waals surface area contributed by atoms with Crippen molar-refractivity contribution in [2.45, 2.75) is 45.7 Å². The highest BCUT2D eigenvalue weighted by molar-refractivity contribution is 6.07. The Balaban J connectivity index is 1.47. The molecule has 0 spiro atoms. The van der Waals surface area contributed by atoms with Crippen LogP contribution in [-0.2, 0) is 13.6 Å². The molecule has 1 aliphatic heterocycles. The summed E-state index contributed by atoms with van der Waals surface area (Å²) in [5, 5.41) is 3.12. The van der Waals surface area contributed by atoms with Crippen LogP contribution in [0.25, 0.3) is 11.3 Å². The summed E-state index contributed by atoms with van der Waals surface area (Å²) in [6.45, 7) is 8.75. The van der Waals surface area contributed by atoms with Gasteiger partial charge in [0.05, 0.1) is 11.4 Å². The molecule has 1 fully saturated rings. The number of anilines is 3. The zero-order valence-electron chi connectivity index (χ0n) is 24.0. The molecule has 0 radical (unpaired) electrons. The van der Waals surface area contributed by atoms with Crippen molar-refractivity contribution in [2.24, 2.45) is 7.05 Å². The predicted octanol–water partition coefficient (Wildman–Crippen LogP) is 6.37. The molecular formula is C33H36FN5O2. The molecule has 2 heterocycles. The molecule has 41 heavy (non-hydrogen) atoms. The van der Waals surface area contributed by atoms with Gasteiger partial charge in [-0.2, -0.15) is 0 Å². The summed E-state index contributed by atoms with van der Waals surface area (Å²) in [6.07, 6.45) is 3.99. The van der Waals surface area contributed by atoms with Gasteiger partial charge in [0.1, 0.15) is 0 Å². The first kappa shape index (κ1) is 28.2. The third kappa shape index (κ3) is 6.23. The van der Waals surface area contributed by atoms with E-state index >= 15 is 4.39 Å². The van der Waals surface area contributed by atoms with Gasteiger partial charge in [0, 0.05) is 42.1 Å². The number of aromatic nitrogens is 2. The standard InChI is InChI=1S/C33H36FN5O2/c1-33(2,3)39(31(40)24-11-6-5-7-12-24)28-14-10-13-26(29(28)34)27-22-37(4)32(41)30(36-27)35-25-17-15-23(16-18-25)21-38-19-8-9-20-38/h5-7,10-18,22H,8-9,19-21H2,1-4H3,(H,35,36). The Morgan fingerprint density at radius 2 is 1.66 bits per heavy atom. The summed E-state index contributed by atoms with van der Waals surface area (Å²) < 4.78 is 17.7. The molecule has 7 nitrogen and oxygen atoms in total. The Morgan fingerprint density at radius 1 is 0.976 bits per heavy atom. The van der Waals surface area contributed by atoms with Crippen molar-refractivity contribution in [1.29, 1.82) is 0 Å². The highest BCUT2D eigenvalue weighted by atomic mass is 19.1. The van der Waals surface area contributed by atoms with Crippen molar-refractivity contribution < 1.29 is 9.18 Å². The lowest BCUT2D eigenvalue weighted by atomic mass is 10.0. The largest absolute Gasteiger partial charge is 0.336 e. The lowest BCUT2D eigenvalue weighted by Gasteiger charge is -2.36. The van der Waals surface area contributed by atoms with Crippen LogP contribution in [-0.4, -0.2) is 39.0 Å². The number of rotatable bonds is 7. The summed E-state index contributed by atoms with van der Waals surface area (Å²) in [7, 11) is 1.61. The van der Waals surface area contributed by atoms with Gasteiger partial charge in [-0.25, -0.2) is 9.37 Å². The molecule has 4 aromatic rings. The van der Waals surface area contributed by atoms with Gasteiger partial charge in [-0.3, -0.25) is 14.5 Å². The SMILES string of the molecule is Cn1cc(-c2cccc(N(C(=O)c3ccccc3)C(C)(C)C)c2F)nc(Nc2ccc(CN3CCCC3)cc2)c1=O. The number of benzene rings is 3. The first-order valence-electron chi connectivity index (χ1n) is 14.0. The summed E-state index contributed by atoms with van der Waals surface area (Å²) in [5.74, 6) is -0.802. The molecule has 0 aliphatic carbocycles. The first-order chi connectivity index (χ1) is 19.6. The van der Waals surface area contributed by atoms with E-state index in [1.54, 1.807) is 49.5 Å². The number of amides is 1. The van der Waals surface area contributed by atoms with Crippen LogP contribution in [0.15, 0.2) is 83.8 Å². The third-order valence-electron chi connectivity index (χ3n) is 7.28. The van der Waals surface area contributed by atoms with Gasteiger partial charge in [0.15, 0.2) is 11.6 Å². The Morgan fingerprint density at radius 3 is 2.32 bits per heavy atom. The molecule has 0 bridgehead atoms. The zero-order valence-corrected chi connectivity index (χ0v) is 24.0. The number of carbonyl (C=O) groups excluding carboxylic acids is 1. The van der Waals surface area contributed by atoms with Crippen LogP contribution < -0.4 is 15.8 Å². The van der Waals surface area contributed by atoms with Gasteiger partial charge in [-0.1, -0.05) is 36.4 Å². The lowest BCUT2D eigenvalue weighted by Crippen LogP contribution is -2.46. The smallest absolute Gasteiger partial charge is 0.293 e. The van der Waals surface area contributed by atoms with E-state index in [9.17, 15) is 9.59 Å². The molecule has 212 valence electrons. The molecule has 1 N–H and O–H groups in total. The van der Waals surface area contributed by atoms with E-state index in [1.807, 2.05) is 51.1 Å². The highest BCUT2D eigenvalue weighted by Crippen LogP contribution is 2.34. The number of likely N-dealkylation sites (tertiary alicyclic amines) is 1. The van der Waals surface area contributed by atoms with Crippen molar-refractivity contribution in [3.8, 4) is 11.3 Å². The number of halogens is 1. The Hall–Kier alpha value is -4.30. The molecule has 8 heteroatoms. The van der Waals surface area contributed by atoms with Crippen molar-refractivity contribution in [3.63, 3.8) is 0 Å². The third-order valence-corrected chi connectivity index (χ3v) is 7.28. The number of carbonyl (C=O) groups is 1. The van der Waals surface area contributed by atoms with Crippen LogP contribution in [0.4, 0.5) is 21.6 Å². The Labute approximate surface area is 240 Å². The monoisotopic (exact) mass is 553 g/mol. The topological polar surface area (TPSA) is 70.5 Å². The van der Waals surface area contributed by atoms with Crippen molar-refractivity contribution in [3.05, 3.63) is 106 Å². The van der Waals surface area contributed by atoms with Crippen LogP contribution in [0, 0.1) is 5.82 Å². The van der Waals surface area contributed by atoms with Crippen LogP contribution >= 0.6 is 0 Å². The number of hydrogen-bond acceptors (Lipinski definition) is 5. The number of nitrogens with zero attached hydrogens (tertiary/aromatic N) is 4. The Bertz CT molecular complexity index is 1590. The van der Waals surface area contributed by atoms with Gasteiger partial charge < -0.3 is 14.8 Å². The normalized spacial score (nSPS) is 13.8. The van der Waals surface area contributed by atoms with Crippen molar-refractivity contribution >= 4 is 23.1 Å². The van der Waals surface area contributed by atoms with Crippen LogP contribution in [0.3, 0.4) is 0 Å². The number of aryl methyl sites for hydroxylation is 1. The molecule has 1 aromatic heterocycles. The van der Waals surface area contributed by atoms with E-state index in [1.165, 1.54) is 34.1 Å². The molecule has 3 aromatic carbocycles. The fraction of sp³-hybridized carbons (Fsp3) is 0.303. The maximum Gasteiger partial charge on any atom is 0.293 e. The van der Waals surface area contributed by atoms with Gasteiger partial charge in [-0.05, 0) is 88.7 Å². The van der Waals surface area contributed by atoms with E-state index < -0.39 is 11.4 Å². The molecule has 1 saturated heterocycles. The second kappa shape index (κ2) is 11.7. The molecule has 0 atom stereocenters. The van der Waals surface area contributed by atoms with Crippen molar-refractivity contribution in [1.82, 2.24) is 14.5 Å². The molecule has 1 amide bonds. The second-order valence-corrected chi connectivity index (χ2v) is 11.5. The van der Waals surface area contributed by atoms with Gasteiger partial charge in [0.25, 0.3) is 11.5 Å². The van der Waals surface area contributed by atoms with Crippen LogP contribution in [0.1, 0.15) is 49.5 Å². The van der Waals surface area contributed by atoms with Crippen molar-refractivity contribution in [2.75, 3.05) is 23.3 Å². The minimum Gasteiger partial charge on any atom is -0.336 e. The van der Waals surface area contributed by atoms with E-state index in [-0.39, 0.29) is 34.2 Å². The van der Waals surface area contributed by atoms with Gasteiger partial charge >= 0.3 is 0 Å². The lowest BCUT2D eigenvalue weighted by molar-refractivity contribution is 0.0964. The molecule has 1 aliphatic rings. The maximum atomic E-state index is 16.3. The van der Waals surface area contributed by atoms with E-state index in [0.29, 0.717) is 5.56 Å². The summed E-state index contributed by atoms with van der Waals surface area (Å²) in [5.41, 5.74) is 1.96. The number of nitrogens with one attached hydrogen (secondary N) is 1. The number of hydrogen-bond donors (Lipinski definition) is 1. The molecule has 5 rings (SSSR count). The minimum absolute atomic E-state index is 0.0927. The highest BCUT2D eigenvalue weighted by Gasteiger charge is 2.32. The van der Waals surface area contributed by atoms with E-state index in [2.05, 4.69) is 15.2 Å². The molecule has 0 saturated carbocycles. The average Bonchev–Trinajstić information content (AvgIpc) is 3.46. The van der Waals surface area contributed by atoms with Crippen LogP contribution in [0.5, 0.6) is 0 Å². The summed E-state index contributed by atoms with van der Waals surface area (Å²) in [6, 6.07) is 21.7. The summed E-state index contributed by atoms with van der Waals surface area (Å²) >= 11 is 0. The Kier molecular flexibility index (Phi) is 8.03. The minimum atomic E-state index is -0.711. The quantitative estimate of drug-likeness (QED) is 0.288. The fourth-order valence-electron chi connectivity index (χ4n) is 5.22. The van der Waals surface area contributed by atoms with E-state index in [4.69, 9.17) is 0 Å². The summed E-state index contributed by atoms with van der Waals surface area (Å²) in [4.78, 5) is 35.0. The van der Waals surface area contributed by atoms with E-state index in [0.717, 1.165) is 25.3 Å². The van der Waals surface area contributed by atoms with Crippen LogP contribution in [0.2, 0.25) is 0 Å². The maximum absolute atomic E-state index is 16.3. The second-order valence-electron chi connectivity index (χ2n) is 11.5. The fourth-order valence-corrected chi connectivity index (χ4v) is 5.22. The predicted molar refractivity (Wildman–Crippen MR) is 162 cm³/mol. The van der Waals surface area contributed by atoms with Gasteiger partial charge in [0.2, 0.25) is 0 Å².